The lowest BCUT2D eigenvalue weighted by molar-refractivity contribution is 0.0940. The number of aromatic nitrogens is 2. The molecule has 0 fully saturated rings. The van der Waals surface area contributed by atoms with Crippen molar-refractivity contribution in [2.45, 2.75) is 24.4 Å². The van der Waals surface area contributed by atoms with Crippen LogP contribution in [-0.4, -0.2) is 24.1 Å². The molecule has 0 aliphatic rings. The normalized spacial score (nSPS) is 12.3. The van der Waals surface area contributed by atoms with Crippen molar-refractivity contribution in [1.29, 1.82) is 0 Å². The smallest absolute Gasteiger partial charge is 0.255 e. The minimum atomic E-state index is -3.77. The molecule has 168 valence electrons. The highest BCUT2D eigenvalue weighted by molar-refractivity contribution is 7.89. The third kappa shape index (κ3) is 5.36. The highest BCUT2D eigenvalue weighted by Gasteiger charge is 2.20. The molecule has 7 nitrogen and oxygen atoms in total. The quantitative estimate of drug-likeness (QED) is 0.438. The number of primary sulfonamides is 1. The average Bonchev–Trinajstić information content (AvgIpc) is 3.24. The molecule has 1 atom stereocenters. The maximum absolute atomic E-state index is 13.2. The Labute approximate surface area is 192 Å². The fourth-order valence-corrected chi connectivity index (χ4v) is 4.07. The van der Waals surface area contributed by atoms with Gasteiger partial charge in [-0.15, -0.1) is 0 Å². The Bertz CT molecular complexity index is 1350. The highest BCUT2D eigenvalue weighted by atomic mass is 32.2. The van der Waals surface area contributed by atoms with Crippen LogP contribution < -0.4 is 10.5 Å². The Morgan fingerprint density at radius 3 is 2.18 bits per heavy atom. The van der Waals surface area contributed by atoms with Gasteiger partial charge < -0.3 is 5.32 Å². The van der Waals surface area contributed by atoms with E-state index in [1.807, 2.05) is 67.6 Å². The summed E-state index contributed by atoms with van der Waals surface area (Å²) in [4.78, 5) is 13.3. The van der Waals surface area contributed by atoms with Gasteiger partial charge >= 0.3 is 0 Å². The minimum absolute atomic E-state index is 0.0262. The van der Waals surface area contributed by atoms with Crippen LogP contribution in [0.3, 0.4) is 0 Å². The maximum Gasteiger partial charge on any atom is 0.255 e. The molecule has 1 heterocycles. The fraction of sp³-hybridized carbons (Fsp3) is 0.120. The molecular formula is C25H24N4O3S. The lowest BCUT2D eigenvalue weighted by Gasteiger charge is -2.14. The Morgan fingerprint density at radius 1 is 0.970 bits per heavy atom. The maximum atomic E-state index is 13.2. The molecule has 4 rings (SSSR count). The van der Waals surface area contributed by atoms with Crippen LogP contribution in [0.5, 0.6) is 0 Å². The third-order valence-electron chi connectivity index (χ3n) is 5.30. The average molecular weight is 461 g/mol. The van der Waals surface area contributed by atoms with Gasteiger partial charge in [0.25, 0.3) is 5.91 Å². The lowest BCUT2D eigenvalue weighted by Crippen LogP contribution is -2.27. The van der Waals surface area contributed by atoms with Crippen LogP contribution in [0.2, 0.25) is 0 Å². The van der Waals surface area contributed by atoms with E-state index >= 15 is 0 Å². The molecule has 3 N–H and O–H groups in total. The molecule has 4 aromatic rings. The first-order valence-electron chi connectivity index (χ1n) is 10.4. The molecule has 0 aliphatic carbocycles. The summed E-state index contributed by atoms with van der Waals surface area (Å²) in [5.74, 6) is -0.267. The number of benzene rings is 3. The summed E-state index contributed by atoms with van der Waals surface area (Å²) in [6, 6.07) is 25.3. The number of nitrogens with one attached hydrogen (secondary N) is 1. The molecule has 1 aromatic heterocycles. The number of hydrogen-bond donors (Lipinski definition) is 2. The molecule has 33 heavy (non-hydrogen) atoms. The summed E-state index contributed by atoms with van der Waals surface area (Å²) < 4.78 is 24.7. The van der Waals surface area contributed by atoms with E-state index < -0.39 is 10.0 Å². The largest absolute Gasteiger partial charge is 0.345 e. The Balaban J connectivity index is 1.60. The molecule has 0 unspecified atom stereocenters. The molecule has 1 amide bonds. The Kier molecular flexibility index (Phi) is 6.39. The number of nitrogens with zero attached hydrogens (tertiary/aromatic N) is 2. The molecule has 0 spiro atoms. The van der Waals surface area contributed by atoms with Gasteiger partial charge in [0, 0.05) is 11.8 Å². The zero-order valence-electron chi connectivity index (χ0n) is 18.0. The second kappa shape index (κ2) is 9.40. The van der Waals surface area contributed by atoms with E-state index in [0.717, 1.165) is 16.7 Å². The number of hydrogen-bond acceptors (Lipinski definition) is 4. The van der Waals surface area contributed by atoms with Crippen molar-refractivity contribution in [3.63, 3.8) is 0 Å². The Hall–Kier alpha value is -3.75. The molecule has 8 heteroatoms. The van der Waals surface area contributed by atoms with Gasteiger partial charge in [0.15, 0.2) is 0 Å². The number of amides is 1. The monoisotopic (exact) mass is 460 g/mol. The standard InChI is InChI=1S/C25H24N4O3S/c1-18(20-12-14-22(15-13-20)33(26,31)32)27-25(30)23-17-29(16-19-8-4-2-5-9-19)28-24(23)21-10-6-3-7-11-21/h2-15,17-18H,16H2,1H3,(H,27,30)(H2,26,31,32)/t18-/m1/s1. The first kappa shape index (κ1) is 22.4. The second-order valence-corrected chi connectivity index (χ2v) is 9.31. The summed E-state index contributed by atoms with van der Waals surface area (Å²) in [6.45, 7) is 2.37. The number of nitrogens with two attached hydrogens (primary N) is 1. The predicted octanol–water partition coefficient (Wildman–Crippen LogP) is 3.74. The van der Waals surface area contributed by atoms with Crippen molar-refractivity contribution in [2.24, 2.45) is 5.14 Å². The number of sulfonamides is 1. The van der Waals surface area contributed by atoms with Crippen LogP contribution in [0.1, 0.15) is 34.5 Å². The van der Waals surface area contributed by atoms with E-state index in [1.165, 1.54) is 12.1 Å². The molecule has 0 saturated heterocycles. The minimum Gasteiger partial charge on any atom is -0.345 e. The molecule has 0 radical (unpaired) electrons. The van der Waals surface area contributed by atoms with Gasteiger partial charge in [0.05, 0.1) is 23.0 Å². The predicted molar refractivity (Wildman–Crippen MR) is 127 cm³/mol. The van der Waals surface area contributed by atoms with E-state index in [-0.39, 0.29) is 16.8 Å². The van der Waals surface area contributed by atoms with Crippen LogP contribution in [0.15, 0.2) is 96.0 Å². The molecule has 0 bridgehead atoms. The van der Waals surface area contributed by atoms with Gasteiger partial charge in [-0.1, -0.05) is 72.8 Å². The van der Waals surface area contributed by atoms with Crippen LogP contribution in [0.25, 0.3) is 11.3 Å². The lowest BCUT2D eigenvalue weighted by atomic mass is 10.1. The number of carbonyl (C=O) groups excluding carboxylic acids is 1. The third-order valence-corrected chi connectivity index (χ3v) is 6.23. The number of rotatable bonds is 7. The van der Waals surface area contributed by atoms with Crippen molar-refractivity contribution >= 4 is 15.9 Å². The Morgan fingerprint density at radius 2 is 1.58 bits per heavy atom. The van der Waals surface area contributed by atoms with Crippen molar-refractivity contribution in [3.05, 3.63) is 108 Å². The topological polar surface area (TPSA) is 107 Å². The first-order chi connectivity index (χ1) is 15.8. The zero-order chi connectivity index (χ0) is 23.4. The van der Waals surface area contributed by atoms with E-state index in [1.54, 1.807) is 23.0 Å². The summed E-state index contributed by atoms with van der Waals surface area (Å²) in [6.07, 6.45) is 1.75. The summed E-state index contributed by atoms with van der Waals surface area (Å²) in [5.41, 5.74) is 3.74. The summed E-state index contributed by atoms with van der Waals surface area (Å²) in [7, 11) is -3.77. The van der Waals surface area contributed by atoms with Gasteiger partial charge in [0.2, 0.25) is 10.0 Å². The second-order valence-electron chi connectivity index (χ2n) is 7.75. The molecule has 0 saturated carbocycles. The first-order valence-corrected chi connectivity index (χ1v) is 12.0. The molecule has 0 aliphatic heterocycles. The van der Waals surface area contributed by atoms with Crippen LogP contribution in [-0.2, 0) is 16.6 Å². The van der Waals surface area contributed by atoms with Crippen LogP contribution >= 0.6 is 0 Å². The van der Waals surface area contributed by atoms with Crippen molar-refractivity contribution < 1.29 is 13.2 Å². The van der Waals surface area contributed by atoms with E-state index in [0.29, 0.717) is 17.8 Å². The van der Waals surface area contributed by atoms with Gasteiger partial charge in [-0.25, -0.2) is 13.6 Å². The molecule has 3 aromatic carbocycles. The van der Waals surface area contributed by atoms with Crippen molar-refractivity contribution in [2.75, 3.05) is 0 Å². The van der Waals surface area contributed by atoms with Crippen LogP contribution in [0, 0.1) is 0 Å². The fourth-order valence-electron chi connectivity index (χ4n) is 3.55. The SMILES string of the molecule is C[C@@H](NC(=O)c1cn(Cc2ccccc2)nc1-c1ccccc1)c1ccc(S(N)(=O)=O)cc1. The van der Waals surface area contributed by atoms with Gasteiger partial charge in [-0.05, 0) is 30.2 Å². The summed E-state index contributed by atoms with van der Waals surface area (Å²) in [5, 5.41) is 12.8. The van der Waals surface area contributed by atoms with Crippen LogP contribution in [0.4, 0.5) is 0 Å². The summed E-state index contributed by atoms with van der Waals surface area (Å²) >= 11 is 0. The van der Waals surface area contributed by atoms with Gasteiger partial charge in [0.1, 0.15) is 5.69 Å². The van der Waals surface area contributed by atoms with Crippen molar-refractivity contribution in [1.82, 2.24) is 15.1 Å². The van der Waals surface area contributed by atoms with Crippen molar-refractivity contribution in [3.8, 4) is 11.3 Å². The van der Waals surface area contributed by atoms with E-state index in [2.05, 4.69) is 5.32 Å². The number of carbonyl (C=O) groups is 1. The van der Waals surface area contributed by atoms with E-state index in [4.69, 9.17) is 10.2 Å². The van der Waals surface area contributed by atoms with Gasteiger partial charge in [-0.2, -0.15) is 5.10 Å². The molecular weight excluding hydrogens is 436 g/mol. The highest BCUT2D eigenvalue weighted by Crippen LogP contribution is 2.24. The van der Waals surface area contributed by atoms with Gasteiger partial charge in [-0.3, -0.25) is 9.48 Å². The zero-order valence-corrected chi connectivity index (χ0v) is 18.9. The van der Waals surface area contributed by atoms with E-state index in [9.17, 15) is 13.2 Å².